The molecule has 11 nitrogen and oxygen atoms in total. The Morgan fingerprint density at radius 1 is 1.24 bits per heavy atom. The van der Waals surface area contributed by atoms with E-state index in [1.807, 2.05) is 6.92 Å². The summed E-state index contributed by atoms with van der Waals surface area (Å²) in [7, 11) is 1.28. The van der Waals surface area contributed by atoms with Gasteiger partial charge < -0.3 is 14.8 Å². The smallest absolute Gasteiger partial charge is 0.315 e. The van der Waals surface area contributed by atoms with E-state index in [0.717, 1.165) is 12.8 Å². The fourth-order valence-corrected chi connectivity index (χ4v) is 4.30. The third kappa shape index (κ3) is 6.92. The number of anilines is 1. The van der Waals surface area contributed by atoms with Crippen molar-refractivity contribution < 1.29 is 23.6 Å². The van der Waals surface area contributed by atoms with Crippen LogP contribution >= 0.6 is 15.9 Å². The minimum atomic E-state index is -0.730. The summed E-state index contributed by atoms with van der Waals surface area (Å²) in [6.45, 7) is 1.37. The van der Waals surface area contributed by atoms with Gasteiger partial charge in [0.15, 0.2) is 12.4 Å². The predicted octanol–water partition coefficient (Wildman–Crippen LogP) is 5.46. The van der Waals surface area contributed by atoms with Gasteiger partial charge in [-0.05, 0) is 42.8 Å². The Kier molecular flexibility index (Phi) is 9.40. The molecule has 0 bridgehead atoms. The molecule has 4 aromatic rings. The number of nitro benzene ring substituents is 1. The number of para-hydroxylation sites is 1. The molecule has 1 heterocycles. The molecule has 0 radical (unpaired) electrons. The Hall–Kier alpha value is -4.65. The van der Waals surface area contributed by atoms with Crippen molar-refractivity contribution in [1.82, 2.24) is 9.66 Å². The molecule has 13 heteroatoms. The molecule has 0 aliphatic rings. The monoisotopic (exact) mass is 625 g/mol. The van der Waals surface area contributed by atoms with Crippen LogP contribution in [0.4, 0.5) is 15.8 Å². The molecule has 4 rings (SSSR count). The van der Waals surface area contributed by atoms with E-state index in [-0.39, 0.29) is 28.3 Å². The summed E-state index contributed by atoms with van der Waals surface area (Å²) in [4.78, 5) is 41.5. The Bertz CT molecular complexity index is 1710. The van der Waals surface area contributed by atoms with Gasteiger partial charge in [0.2, 0.25) is 5.75 Å². The molecule has 0 unspecified atom stereocenters. The van der Waals surface area contributed by atoms with E-state index in [0.29, 0.717) is 27.6 Å². The van der Waals surface area contributed by atoms with Crippen molar-refractivity contribution in [3.8, 4) is 11.5 Å². The molecule has 0 saturated heterocycles. The van der Waals surface area contributed by atoms with Crippen LogP contribution < -0.4 is 20.3 Å². The first-order chi connectivity index (χ1) is 19.7. The Morgan fingerprint density at radius 2 is 2.02 bits per heavy atom. The second kappa shape index (κ2) is 13.1. The second-order valence-electron chi connectivity index (χ2n) is 8.80. The van der Waals surface area contributed by atoms with Gasteiger partial charge in [-0.15, -0.1) is 0 Å². The SMILES string of the molecule is CCCCc1nc2ccc(Br)cc2c(=O)n1N=Cc1cc(OC)c(OCC(=O)Nc2ccccc2F)c([N+](=O)[O-])c1. The highest BCUT2D eigenvalue weighted by molar-refractivity contribution is 9.10. The first kappa shape index (κ1) is 29.3. The zero-order valence-corrected chi connectivity index (χ0v) is 23.7. The van der Waals surface area contributed by atoms with Crippen LogP contribution in [0.1, 0.15) is 31.2 Å². The van der Waals surface area contributed by atoms with E-state index >= 15 is 0 Å². The molecule has 1 amide bonds. The summed E-state index contributed by atoms with van der Waals surface area (Å²) >= 11 is 3.37. The predicted molar refractivity (Wildman–Crippen MR) is 155 cm³/mol. The topological polar surface area (TPSA) is 138 Å². The van der Waals surface area contributed by atoms with E-state index in [2.05, 4.69) is 31.3 Å². The fraction of sp³-hybridized carbons (Fsp3) is 0.214. The van der Waals surface area contributed by atoms with Crippen molar-refractivity contribution in [3.05, 3.63) is 96.7 Å². The lowest BCUT2D eigenvalue weighted by Gasteiger charge is -2.12. The lowest BCUT2D eigenvalue weighted by atomic mass is 10.2. The van der Waals surface area contributed by atoms with Crippen LogP contribution in [0.25, 0.3) is 10.9 Å². The van der Waals surface area contributed by atoms with Gasteiger partial charge in [-0.2, -0.15) is 9.78 Å². The molecule has 0 spiro atoms. The number of unbranched alkanes of at least 4 members (excludes halogenated alkanes) is 1. The zero-order chi connectivity index (χ0) is 29.5. The maximum Gasteiger partial charge on any atom is 0.315 e. The van der Waals surface area contributed by atoms with Gasteiger partial charge in [-0.3, -0.25) is 19.7 Å². The number of carbonyl (C=O) groups excluding carboxylic acids is 1. The van der Waals surface area contributed by atoms with Crippen molar-refractivity contribution in [2.24, 2.45) is 5.10 Å². The molecule has 0 aliphatic carbocycles. The molecule has 0 atom stereocenters. The maximum atomic E-state index is 13.8. The second-order valence-corrected chi connectivity index (χ2v) is 9.72. The number of carbonyl (C=O) groups is 1. The Balaban J connectivity index is 1.66. The van der Waals surface area contributed by atoms with Gasteiger partial charge in [0.1, 0.15) is 11.6 Å². The fourth-order valence-electron chi connectivity index (χ4n) is 3.94. The van der Waals surface area contributed by atoms with E-state index in [1.54, 1.807) is 24.3 Å². The number of nitro groups is 1. The van der Waals surface area contributed by atoms with Crippen LogP contribution in [0.2, 0.25) is 0 Å². The van der Waals surface area contributed by atoms with Crippen LogP contribution in [0.5, 0.6) is 11.5 Å². The summed E-state index contributed by atoms with van der Waals surface area (Å²) < 4.78 is 26.5. The minimum Gasteiger partial charge on any atom is -0.493 e. The number of hydrogen-bond acceptors (Lipinski definition) is 8. The molecular formula is C28H25BrFN5O6. The highest BCUT2D eigenvalue weighted by Gasteiger charge is 2.23. The molecular weight excluding hydrogens is 601 g/mol. The van der Waals surface area contributed by atoms with Gasteiger partial charge in [0.25, 0.3) is 11.5 Å². The van der Waals surface area contributed by atoms with Crippen LogP contribution in [-0.4, -0.2) is 40.4 Å². The summed E-state index contributed by atoms with van der Waals surface area (Å²) in [5.41, 5.74) is -0.171. The number of aryl methyl sites for hydroxylation is 1. The van der Waals surface area contributed by atoms with Gasteiger partial charge >= 0.3 is 5.69 Å². The zero-order valence-electron chi connectivity index (χ0n) is 22.1. The minimum absolute atomic E-state index is 0.0431. The number of benzene rings is 3. The summed E-state index contributed by atoms with van der Waals surface area (Å²) in [5.74, 6) is -1.26. The van der Waals surface area contributed by atoms with Crippen LogP contribution in [0.3, 0.4) is 0 Å². The Morgan fingerprint density at radius 3 is 2.73 bits per heavy atom. The van der Waals surface area contributed by atoms with Crippen molar-refractivity contribution in [2.45, 2.75) is 26.2 Å². The number of methoxy groups -OCH3 is 1. The van der Waals surface area contributed by atoms with Gasteiger partial charge in [0, 0.05) is 22.5 Å². The molecule has 41 heavy (non-hydrogen) atoms. The molecule has 1 aromatic heterocycles. The largest absolute Gasteiger partial charge is 0.493 e. The summed E-state index contributed by atoms with van der Waals surface area (Å²) in [6, 6.07) is 13.4. The van der Waals surface area contributed by atoms with Crippen molar-refractivity contribution in [3.63, 3.8) is 0 Å². The average molecular weight is 626 g/mol. The maximum absolute atomic E-state index is 13.8. The third-order valence-corrected chi connectivity index (χ3v) is 6.41. The number of halogens is 2. The van der Waals surface area contributed by atoms with Gasteiger partial charge in [-0.25, -0.2) is 9.37 Å². The highest BCUT2D eigenvalue weighted by Crippen LogP contribution is 2.38. The normalized spacial score (nSPS) is 11.1. The van der Waals surface area contributed by atoms with Gasteiger partial charge in [-0.1, -0.05) is 41.4 Å². The number of amides is 1. The average Bonchev–Trinajstić information content (AvgIpc) is 2.95. The number of ether oxygens (including phenoxy) is 2. The third-order valence-electron chi connectivity index (χ3n) is 5.92. The summed E-state index contributed by atoms with van der Waals surface area (Å²) in [5, 5.41) is 18.9. The van der Waals surface area contributed by atoms with Crippen molar-refractivity contribution in [2.75, 3.05) is 19.0 Å². The van der Waals surface area contributed by atoms with E-state index in [4.69, 9.17) is 9.47 Å². The molecule has 0 saturated carbocycles. The molecule has 0 aliphatic heterocycles. The quantitative estimate of drug-likeness (QED) is 0.133. The number of hydrogen-bond donors (Lipinski definition) is 1. The number of nitrogens with zero attached hydrogens (tertiary/aromatic N) is 4. The number of nitrogens with one attached hydrogen (secondary N) is 1. The van der Waals surface area contributed by atoms with E-state index < -0.39 is 28.9 Å². The first-order valence-corrected chi connectivity index (χ1v) is 13.3. The molecule has 3 aromatic carbocycles. The van der Waals surface area contributed by atoms with Crippen LogP contribution in [-0.2, 0) is 11.2 Å². The molecule has 212 valence electrons. The summed E-state index contributed by atoms with van der Waals surface area (Å²) in [6.07, 6.45) is 3.44. The first-order valence-electron chi connectivity index (χ1n) is 12.5. The van der Waals surface area contributed by atoms with Gasteiger partial charge in [0.05, 0.1) is 34.8 Å². The van der Waals surface area contributed by atoms with E-state index in [9.17, 15) is 24.1 Å². The number of aromatic nitrogens is 2. The lowest BCUT2D eigenvalue weighted by Crippen LogP contribution is -2.22. The number of rotatable bonds is 11. The molecule has 0 fully saturated rings. The Labute approximate surface area is 241 Å². The van der Waals surface area contributed by atoms with Crippen molar-refractivity contribution >= 4 is 50.3 Å². The molecule has 1 N–H and O–H groups in total. The highest BCUT2D eigenvalue weighted by atomic mass is 79.9. The number of fused-ring (bicyclic) bond motifs is 1. The van der Waals surface area contributed by atoms with Crippen LogP contribution in [0, 0.1) is 15.9 Å². The standard InChI is InChI=1S/C28H25BrFN5O6/c1-3-4-9-25-32-21-11-10-18(29)14-19(21)28(37)34(25)31-15-17-12-23(35(38)39)27(24(13-17)40-2)41-16-26(36)33-22-8-6-5-7-20(22)30/h5-8,10-15H,3-4,9,16H2,1-2H3,(H,33,36). The van der Waals surface area contributed by atoms with Crippen LogP contribution in [0.15, 0.2) is 69.0 Å². The van der Waals surface area contributed by atoms with E-state index in [1.165, 1.54) is 48.3 Å². The lowest BCUT2D eigenvalue weighted by molar-refractivity contribution is -0.385. The van der Waals surface area contributed by atoms with Crippen molar-refractivity contribution in [1.29, 1.82) is 0 Å².